The van der Waals surface area contributed by atoms with Gasteiger partial charge in [0.25, 0.3) is 11.8 Å². The third kappa shape index (κ3) is 4.44. The minimum absolute atomic E-state index is 0.0949. The maximum absolute atomic E-state index is 13.3. The molecule has 2 aliphatic rings. The highest BCUT2D eigenvalue weighted by Crippen LogP contribution is 2.29. The molecule has 4 rings (SSSR count). The van der Waals surface area contributed by atoms with Gasteiger partial charge in [-0.2, -0.15) is 0 Å². The van der Waals surface area contributed by atoms with Crippen molar-refractivity contribution in [2.75, 3.05) is 24.7 Å². The first kappa shape index (κ1) is 22.2. The lowest BCUT2D eigenvalue weighted by Crippen LogP contribution is -2.48. The molecule has 2 aromatic rings. The first-order valence-electron chi connectivity index (χ1n) is 10.6. The Balaban J connectivity index is 1.57. The van der Waals surface area contributed by atoms with E-state index in [0.29, 0.717) is 22.7 Å². The second-order valence-corrected chi connectivity index (χ2v) is 8.57. The van der Waals surface area contributed by atoms with Crippen LogP contribution in [0.15, 0.2) is 41.8 Å². The number of ether oxygens (including phenoxy) is 2. The second-order valence-electron chi connectivity index (χ2n) is 7.62. The van der Waals surface area contributed by atoms with Crippen LogP contribution in [0, 0.1) is 0 Å². The summed E-state index contributed by atoms with van der Waals surface area (Å²) in [5, 5.41) is 1.80. The molecule has 2 saturated heterocycles. The van der Waals surface area contributed by atoms with Crippen LogP contribution in [0.5, 0.6) is 0 Å². The van der Waals surface area contributed by atoms with Gasteiger partial charge < -0.3 is 14.4 Å². The Bertz CT molecular complexity index is 998. The van der Waals surface area contributed by atoms with E-state index in [1.165, 1.54) is 40.5 Å². The van der Waals surface area contributed by atoms with Gasteiger partial charge in [0.05, 0.1) is 35.3 Å². The number of carbonyl (C=O) groups is 4. The summed E-state index contributed by atoms with van der Waals surface area (Å²) in [6, 6.07) is 8.70. The van der Waals surface area contributed by atoms with Crippen molar-refractivity contribution in [2.45, 2.75) is 38.3 Å². The summed E-state index contributed by atoms with van der Waals surface area (Å²) < 4.78 is 10.7. The number of thiophene rings is 1. The fourth-order valence-corrected chi connectivity index (χ4v) is 4.67. The van der Waals surface area contributed by atoms with Crippen molar-refractivity contribution in [1.29, 1.82) is 0 Å². The van der Waals surface area contributed by atoms with Crippen LogP contribution in [0.25, 0.3) is 0 Å². The maximum Gasteiger partial charge on any atom is 0.338 e. The Kier molecular flexibility index (Phi) is 6.66. The predicted octanol–water partition coefficient (Wildman–Crippen LogP) is 2.88. The molecular formula is C23H24N2O6S. The van der Waals surface area contributed by atoms with Crippen molar-refractivity contribution in [3.8, 4) is 0 Å². The van der Waals surface area contributed by atoms with Crippen LogP contribution in [0.4, 0.5) is 5.69 Å². The first-order chi connectivity index (χ1) is 15.5. The molecule has 8 nitrogen and oxygen atoms in total. The summed E-state index contributed by atoms with van der Waals surface area (Å²) in [6.45, 7) is 2.86. The van der Waals surface area contributed by atoms with E-state index in [9.17, 15) is 19.2 Å². The quantitative estimate of drug-likeness (QED) is 0.470. The SMILES string of the molecule is CCOC(=O)c1ccc(N2C(=O)CC(N(CC3CCCO3)C(=O)c3cccs3)C2=O)cc1. The molecule has 0 aliphatic carbocycles. The van der Waals surface area contributed by atoms with E-state index in [0.717, 1.165) is 17.7 Å². The zero-order chi connectivity index (χ0) is 22.7. The van der Waals surface area contributed by atoms with Gasteiger partial charge >= 0.3 is 5.97 Å². The van der Waals surface area contributed by atoms with Gasteiger partial charge in [-0.3, -0.25) is 14.4 Å². The zero-order valence-electron chi connectivity index (χ0n) is 17.7. The fraction of sp³-hybridized carbons (Fsp3) is 0.391. The van der Waals surface area contributed by atoms with Crippen LogP contribution in [-0.4, -0.2) is 60.5 Å². The number of amides is 3. The molecule has 9 heteroatoms. The van der Waals surface area contributed by atoms with Gasteiger partial charge in [0, 0.05) is 13.2 Å². The van der Waals surface area contributed by atoms with Crippen molar-refractivity contribution >= 4 is 40.7 Å². The number of esters is 1. The Morgan fingerprint density at radius 2 is 2.00 bits per heavy atom. The van der Waals surface area contributed by atoms with Gasteiger partial charge in [-0.1, -0.05) is 6.07 Å². The first-order valence-corrected chi connectivity index (χ1v) is 11.5. The molecule has 0 saturated carbocycles. The molecular weight excluding hydrogens is 432 g/mol. The molecule has 0 N–H and O–H groups in total. The van der Waals surface area contributed by atoms with Crippen LogP contribution >= 0.6 is 11.3 Å². The molecule has 3 amide bonds. The van der Waals surface area contributed by atoms with Crippen molar-refractivity contribution in [1.82, 2.24) is 4.90 Å². The number of anilines is 1. The van der Waals surface area contributed by atoms with Crippen LogP contribution in [-0.2, 0) is 19.1 Å². The second kappa shape index (κ2) is 9.62. The van der Waals surface area contributed by atoms with Crippen molar-refractivity contribution in [2.24, 2.45) is 0 Å². The van der Waals surface area contributed by atoms with Gasteiger partial charge in [0.2, 0.25) is 5.91 Å². The van der Waals surface area contributed by atoms with E-state index in [-0.39, 0.29) is 37.5 Å². The summed E-state index contributed by atoms with van der Waals surface area (Å²) in [4.78, 5) is 54.3. The number of hydrogen-bond donors (Lipinski definition) is 0. The number of hydrogen-bond acceptors (Lipinski definition) is 7. The topological polar surface area (TPSA) is 93.2 Å². The van der Waals surface area contributed by atoms with Gasteiger partial charge in [0.15, 0.2) is 0 Å². The highest BCUT2D eigenvalue weighted by Gasteiger charge is 2.45. The number of carbonyl (C=O) groups excluding carboxylic acids is 4. The molecule has 32 heavy (non-hydrogen) atoms. The third-order valence-electron chi connectivity index (χ3n) is 5.55. The van der Waals surface area contributed by atoms with E-state index in [1.54, 1.807) is 24.4 Å². The molecule has 0 bridgehead atoms. The van der Waals surface area contributed by atoms with E-state index >= 15 is 0 Å². The van der Waals surface area contributed by atoms with E-state index in [4.69, 9.17) is 9.47 Å². The normalized spacial score (nSPS) is 20.6. The summed E-state index contributed by atoms with van der Waals surface area (Å²) in [7, 11) is 0. The summed E-state index contributed by atoms with van der Waals surface area (Å²) in [5.74, 6) is -1.59. The van der Waals surface area contributed by atoms with E-state index in [2.05, 4.69) is 0 Å². The van der Waals surface area contributed by atoms with Gasteiger partial charge in [-0.15, -0.1) is 11.3 Å². The van der Waals surface area contributed by atoms with Crippen molar-refractivity contribution in [3.05, 3.63) is 52.2 Å². The Labute approximate surface area is 189 Å². The summed E-state index contributed by atoms with van der Waals surface area (Å²) >= 11 is 1.30. The monoisotopic (exact) mass is 456 g/mol. The van der Waals surface area contributed by atoms with Gasteiger partial charge in [-0.05, 0) is 55.5 Å². The predicted molar refractivity (Wildman–Crippen MR) is 118 cm³/mol. The number of rotatable bonds is 7. The molecule has 3 heterocycles. The fourth-order valence-electron chi connectivity index (χ4n) is 3.99. The van der Waals surface area contributed by atoms with Crippen molar-refractivity contribution < 1.29 is 28.7 Å². The zero-order valence-corrected chi connectivity index (χ0v) is 18.5. The van der Waals surface area contributed by atoms with Crippen LogP contribution in [0.1, 0.15) is 46.2 Å². The Hall–Kier alpha value is -3.04. The summed E-state index contributed by atoms with van der Waals surface area (Å²) in [6.07, 6.45) is 1.46. The number of imide groups is 1. The molecule has 2 unspecified atom stereocenters. The van der Waals surface area contributed by atoms with Crippen molar-refractivity contribution in [3.63, 3.8) is 0 Å². The molecule has 0 radical (unpaired) electrons. The van der Waals surface area contributed by atoms with Crippen LogP contribution in [0.3, 0.4) is 0 Å². The largest absolute Gasteiger partial charge is 0.462 e. The highest BCUT2D eigenvalue weighted by atomic mass is 32.1. The third-order valence-corrected chi connectivity index (χ3v) is 6.41. The smallest absolute Gasteiger partial charge is 0.338 e. The molecule has 1 aromatic carbocycles. The van der Waals surface area contributed by atoms with Crippen LogP contribution in [0.2, 0.25) is 0 Å². The minimum Gasteiger partial charge on any atom is -0.462 e. The van der Waals surface area contributed by atoms with E-state index < -0.39 is 17.9 Å². The highest BCUT2D eigenvalue weighted by molar-refractivity contribution is 7.12. The molecule has 0 spiro atoms. The summed E-state index contributed by atoms with van der Waals surface area (Å²) in [5.41, 5.74) is 0.690. The molecule has 1 aromatic heterocycles. The maximum atomic E-state index is 13.3. The Morgan fingerprint density at radius 3 is 2.62 bits per heavy atom. The molecule has 2 atom stereocenters. The van der Waals surface area contributed by atoms with E-state index in [1.807, 2.05) is 0 Å². The Morgan fingerprint density at radius 1 is 1.22 bits per heavy atom. The standard InChI is InChI=1S/C23H24N2O6S/c1-2-30-23(29)15-7-9-16(10-8-15)25-20(26)13-18(21(25)27)24(14-17-5-3-11-31-17)22(28)19-6-4-12-32-19/h4,6-10,12,17-18H,2-3,5,11,13-14H2,1H3. The lowest BCUT2D eigenvalue weighted by molar-refractivity contribution is -0.122. The molecule has 2 fully saturated rings. The average Bonchev–Trinajstić information content (AvgIpc) is 3.55. The number of nitrogens with zero attached hydrogens (tertiary/aromatic N) is 2. The van der Waals surface area contributed by atoms with Gasteiger partial charge in [-0.25, -0.2) is 9.69 Å². The minimum atomic E-state index is -0.897. The van der Waals surface area contributed by atoms with Crippen LogP contribution < -0.4 is 4.90 Å². The van der Waals surface area contributed by atoms with Gasteiger partial charge in [0.1, 0.15) is 6.04 Å². The number of benzene rings is 1. The average molecular weight is 457 g/mol. The molecule has 168 valence electrons. The lowest BCUT2D eigenvalue weighted by atomic mass is 10.1. The lowest BCUT2D eigenvalue weighted by Gasteiger charge is -2.29. The molecule has 2 aliphatic heterocycles.